The van der Waals surface area contributed by atoms with Crippen LogP contribution in [0.25, 0.3) is 0 Å². The SMILES string of the molecule is CCCCCCCCC(C)CCCC(CCC)CCCC. The van der Waals surface area contributed by atoms with Crippen LogP contribution in [0.2, 0.25) is 0 Å². The Morgan fingerprint density at radius 3 is 1.71 bits per heavy atom. The molecule has 0 spiro atoms. The summed E-state index contributed by atoms with van der Waals surface area (Å²) in [6, 6.07) is 0. The molecule has 0 aromatic rings. The molecule has 0 aliphatic heterocycles. The molecule has 0 N–H and O–H groups in total. The second kappa shape index (κ2) is 16.4. The molecule has 2 unspecified atom stereocenters. The summed E-state index contributed by atoms with van der Waals surface area (Å²) in [5, 5.41) is 0. The Hall–Kier alpha value is 0. The van der Waals surface area contributed by atoms with Crippen molar-refractivity contribution >= 4 is 0 Å². The Labute approximate surface area is 136 Å². The average Bonchev–Trinajstić information content (AvgIpc) is 2.48. The van der Waals surface area contributed by atoms with E-state index in [1.165, 1.54) is 96.3 Å². The first-order chi connectivity index (χ1) is 10.2. The zero-order chi connectivity index (χ0) is 15.8. The summed E-state index contributed by atoms with van der Waals surface area (Å²) in [6.07, 6.45) is 21.7. The van der Waals surface area contributed by atoms with Crippen LogP contribution in [0.1, 0.15) is 124 Å². The fraction of sp³-hybridized carbons (Fsp3) is 1.00. The van der Waals surface area contributed by atoms with Crippen LogP contribution in [-0.2, 0) is 0 Å². The molecule has 2 atom stereocenters. The van der Waals surface area contributed by atoms with Gasteiger partial charge in [0, 0.05) is 0 Å². The quantitative estimate of drug-likeness (QED) is 0.252. The third-order valence-corrected chi connectivity index (χ3v) is 5.02. The Bertz CT molecular complexity index is 184. The normalized spacial score (nSPS) is 14.3. The molecule has 0 aromatic carbocycles. The van der Waals surface area contributed by atoms with Gasteiger partial charge < -0.3 is 0 Å². The summed E-state index contributed by atoms with van der Waals surface area (Å²) in [7, 11) is 0. The van der Waals surface area contributed by atoms with E-state index < -0.39 is 0 Å². The van der Waals surface area contributed by atoms with Crippen LogP contribution in [0.3, 0.4) is 0 Å². The van der Waals surface area contributed by atoms with Gasteiger partial charge in [-0.1, -0.05) is 124 Å². The number of rotatable bonds is 16. The Morgan fingerprint density at radius 1 is 0.476 bits per heavy atom. The minimum Gasteiger partial charge on any atom is -0.0654 e. The van der Waals surface area contributed by atoms with Gasteiger partial charge >= 0.3 is 0 Å². The van der Waals surface area contributed by atoms with Gasteiger partial charge in [-0.2, -0.15) is 0 Å². The smallest absolute Gasteiger partial charge is 0.0414 e. The molecular weight excluding hydrogens is 252 g/mol. The van der Waals surface area contributed by atoms with Crippen LogP contribution in [0.15, 0.2) is 0 Å². The molecule has 0 heterocycles. The van der Waals surface area contributed by atoms with Crippen LogP contribution < -0.4 is 0 Å². The average molecular weight is 297 g/mol. The number of unbranched alkanes of at least 4 members (excludes halogenated alkanes) is 6. The lowest BCUT2D eigenvalue weighted by Gasteiger charge is -2.17. The predicted molar refractivity (Wildman–Crippen MR) is 98.9 cm³/mol. The molecular formula is C21H44. The maximum absolute atomic E-state index is 2.48. The van der Waals surface area contributed by atoms with Crippen molar-refractivity contribution in [3.8, 4) is 0 Å². The van der Waals surface area contributed by atoms with Gasteiger partial charge in [0.15, 0.2) is 0 Å². The summed E-state index contributed by atoms with van der Waals surface area (Å²) in [4.78, 5) is 0. The summed E-state index contributed by atoms with van der Waals surface area (Å²) < 4.78 is 0. The van der Waals surface area contributed by atoms with Gasteiger partial charge in [0.1, 0.15) is 0 Å². The molecule has 0 aromatic heterocycles. The van der Waals surface area contributed by atoms with E-state index in [4.69, 9.17) is 0 Å². The lowest BCUT2D eigenvalue weighted by molar-refractivity contribution is 0.360. The van der Waals surface area contributed by atoms with E-state index in [9.17, 15) is 0 Å². The molecule has 0 aliphatic rings. The van der Waals surface area contributed by atoms with Gasteiger partial charge in [0.2, 0.25) is 0 Å². The molecule has 0 aliphatic carbocycles. The molecule has 128 valence electrons. The van der Waals surface area contributed by atoms with Gasteiger partial charge in [-0.25, -0.2) is 0 Å². The van der Waals surface area contributed by atoms with Crippen molar-refractivity contribution in [3.05, 3.63) is 0 Å². The highest BCUT2D eigenvalue weighted by molar-refractivity contribution is 4.62. The first kappa shape index (κ1) is 21.0. The summed E-state index contributed by atoms with van der Waals surface area (Å²) in [6.45, 7) is 9.45. The van der Waals surface area contributed by atoms with Crippen LogP contribution in [-0.4, -0.2) is 0 Å². The fourth-order valence-electron chi connectivity index (χ4n) is 3.51. The molecule has 0 saturated heterocycles. The van der Waals surface area contributed by atoms with Crippen LogP contribution in [0.5, 0.6) is 0 Å². The van der Waals surface area contributed by atoms with E-state index in [1.807, 2.05) is 0 Å². The van der Waals surface area contributed by atoms with Gasteiger partial charge in [-0.3, -0.25) is 0 Å². The molecule has 0 fully saturated rings. The largest absolute Gasteiger partial charge is 0.0654 e. The fourth-order valence-corrected chi connectivity index (χ4v) is 3.51. The highest BCUT2D eigenvalue weighted by Gasteiger charge is 2.09. The van der Waals surface area contributed by atoms with E-state index >= 15 is 0 Å². The Morgan fingerprint density at radius 2 is 1.05 bits per heavy atom. The lowest BCUT2D eigenvalue weighted by atomic mass is 9.89. The highest BCUT2D eigenvalue weighted by Crippen LogP contribution is 2.24. The molecule has 0 nitrogen and oxygen atoms in total. The van der Waals surface area contributed by atoms with Crippen molar-refractivity contribution in [1.82, 2.24) is 0 Å². The van der Waals surface area contributed by atoms with Crippen LogP contribution >= 0.6 is 0 Å². The zero-order valence-electron chi connectivity index (χ0n) is 15.8. The van der Waals surface area contributed by atoms with Crippen molar-refractivity contribution in [2.75, 3.05) is 0 Å². The van der Waals surface area contributed by atoms with Crippen molar-refractivity contribution in [1.29, 1.82) is 0 Å². The summed E-state index contributed by atoms with van der Waals surface area (Å²) in [5.74, 6) is 1.99. The molecule has 21 heavy (non-hydrogen) atoms. The monoisotopic (exact) mass is 296 g/mol. The third kappa shape index (κ3) is 14.7. The maximum atomic E-state index is 2.48. The molecule has 0 radical (unpaired) electrons. The van der Waals surface area contributed by atoms with Crippen molar-refractivity contribution < 1.29 is 0 Å². The maximum Gasteiger partial charge on any atom is -0.0414 e. The van der Waals surface area contributed by atoms with E-state index in [0.29, 0.717) is 0 Å². The second-order valence-electron chi connectivity index (χ2n) is 7.39. The van der Waals surface area contributed by atoms with Crippen molar-refractivity contribution in [2.24, 2.45) is 11.8 Å². The first-order valence-electron chi connectivity index (χ1n) is 10.2. The number of hydrogen-bond acceptors (Lipinski definition) is 0. The molecule has 0 amide bonds. The van der Waals surface area contributed by atoms with E-state index in [-0.39, 0.29) is 0 Å². The van der Waals surface area contributed by atoms with Gasteiger partial charge in [-0.05, 0) is 11.8 Å². The highest BCUT2D eigenvalue weighted by atomic mass is 14.1. The van der Waals surface area contributed by atoms with Crippen LogP contribution in [0, 0.1) is 11.8 Å². The molecule has 0 bridgehead atoms. The zero-order valence-corrected chi connectivity index (χ0v) is 15.8. The third-order valence-electron chi connectivity index (χ3n) is 5.02. The van der Waals surface area contributed by atoms with E-state index in [2.05, 4.69) is 27.7 Å². The van der Waals surface area contributed by atoms with E-state index in [0.717, 1.165) is 11.8 Å². The summed E-state index contributed by atoms with van der Waals surface area (Å²) in [5.41, 5.74) is 0. The molecule has 0 saturated carbocycles. The predicted octanol–water partition coefficient (Wildman–Crippen LogP) is 8.15. The van der Waals surface area contributed by atoms with Gasteiger partial charge in [0.05, 0.1) is 0 Å². The minimum absolute atomic E-state index is 0.963. The van der Waals surface area contributed by atoms with E-state index in [1.54, 1.807) is 0 Å². The van der Waals surface area contributed by atoms with Crippen molar-refractivity contribution in [3.63, 3.8) is 0 Å². The topological polar surface area (TPSA) is 0 Å². The summed E-state index contributed by atoms with van der Waals surface area (Å²) >= 11 is 0. The van der Waals surface area contributed by atoms with Gasteiger partial charge in [-0.15, -0.1) is 0 Å². The van der Waals surface area contributed by atoms with Crippen LogP contribution in [0.4, 0.5) is 0 Å². The van der Waals surface area contributed by atoms with Crippen molar-refractivity contribution in [2.45, 2.75) is 124 Å². The molecule has 0 heteroatoms. The number of hydrogen-bond donors (Lipinski definition) is 0. The standard InChI is InChI=1S/C21H44/c1-5-8-10-11-12-13-16-20(4)17-14-19-21(15-7-3)18-9-6-2/h20-21H,5-19H2,1-4H3. The second-order valence-corrected chi connectivity index (χ2v) is 7.39. The first-order valence-corrected chi connectivity index (χ1v) is 10.2. The Balaban J connectivity index is 3.50. The molecule has 0 rings (SSSR count). The van der Waals surface area contributed by atoms with Gasteiger partial charge in [0.25, 0.3) is 0 Å². The minimum atomic E-state index is 0.963. The lowest BCUT2D eigenvalue weighted by Crippen LogP contribution is -2.02. The Kier molecular flexibility index (Phi) is 16.4.